The maximum atomic E-state index is 12.9. The quantitative estimate of drug-likeness (QED) is 0.619. The number of hydrogen-bond acceptors (Lipinski definition) is 6. The molecule has 37 heavy (non-hydrogen) atoms. The van der Waals surface area contributed by atoms with Gasteiger partial charge in [-0.2, -0.15) is 0 Å². The zero-order valence-electron chi connectivity index (χ0n) is 22.1. The molecule has 2 aromatic rings. The van der Waals surface area contributed by atoms with Gasteiger partial charge in [-0.05, 0) is 58.2 Å². The summed E-state index contributed by atoms with van der Waals surface area (Å²) in [5.74, 6) is 1.13. The largest absolute Gasteiger partial charge is 0.487 e. The lowest BCUT2D eigenvalue weighted by molar-refractivity contribution is -0.130. The highest BCUT2D eigenvalue weighted by Crippen LogP contribution is 2.43. The minimum absolute atomic E-state index is 0.0198. The van der Waals surface area contributed by atoms with Crippen LogP contribution in [0.4, 0.5) is 0 Å². The van der Waals surface area contributed by atoms with Gasteiger partial charge in [-0.25, -0.2) is 4.99 Å². The second-order valence-corrected chi connectivity index (χ2v) is 10.8. The zero-order chi connectivity index (χ0) is 27.2. The number of carbonyl (C=O) groups is 2. The van der Waals surface area contributed by atoms with Crippen molar-refractivity contribution in [2.24, 2.45) is 22.6 Å². The number of nitrogens with one attached hydrogen (secondary N) is 1. The lowest BCUT2D eigenvalue weighted by atomic mass is 9.89. The zero-order valence-corrected chi connectivity index (χ0v) is 22.1. The van der Waals surface area contributed by atoms with Crippen LogP contribution in [0.1, 0.15) is 58.6 Å². The van der Waals surface area contributed by atoms with Gasteiger partial charge in [-0.3, -0.25) is 19.5 Å². The Balaban J connectivity index is 0.000000412. The molecule has 0 saturated heterocycles. The minimum Gasteiger partial charge on any atom is -0.487 e. The van der Waals surface area contributed by atoms with Gasteiger partial charge in [0.1, 0.15) is 11.4 Å². The normalized spacial score (nSPS) is 24.4. The molecule has 1 aromatic carbocycles. The molecular weight excluding hydrogens is 466 g/mol. The Labute approximate surface area is 219 Å². The Morgan fingerprint density at radius 3 is 2.41 bits per heavy atom. The number of benzene rings is 1. The molecule has 2 amide bonds. The minimum atomic E-state index is -0.457. The maximum absolute atomic E-state index is 12.9. The first kappa shape index (κ1) is 27.7. The predicted molar refractivity (Wildman–Crippen MR) is 144 cm³/mol. The van der Waals surface area contributed by atoms with Gasteiger partial charge in [-0.15, -0.1) is 12.8 Å². The number of nitrogens with two attached hydrogens (primary N) is 1. The van der Waals surface area contributed by atoms with E-state index in [1.807, 2.05) is 70.2 Å². The molecule has 5 rings (SSSR count). The molecule has 1 aliphatic carbocycles. The summed E-state index contributed by atoms with van der Waals surface area (Å²) in [7, 11) is 0. The van der Waals surface area contributed by atoms with E-state index >= 15 is 0 Å². The molecule has 1 saturated carbocycles. The molecule has 8 heteroatoms. The highest BCUT2D eigenvalue weighted by atomic mass is 16.5. The number of guanidine groups is 1. The molecule has 3 aliphatic rings. The molecule has 3 heterocycles. The topological polar surface area (TPSA) is 110 Å². The van der Waals surface area contributed by atoms with E-state index in [1.54, 1.807) is 12.4 Å². The first-order chi connectivity index (χ1) is 17.5. The number of terminal acetylenes is 1. The number of aromatic nitrogens is 1. The van der Waals surface area contributed by atoms with Crippen LogP contribution in [0.15, 0.2) is 59.9 Å². The van der Waals surface area contributed by atoms with Crippen LogP contribution in [0.25, 0.3) is 0 Å². The molecule has 1 aromatic heterocycles. The van der Waals surface area contributed by atoms with Gasteiger partial charge in [0.2, 0.25) is 11.8 Å². The molecule has 2 aliphatic heterocycles. The van der Waals surface area contributed by atoms with Crippen LogP contribution in [0.5, 0.6) is 5.75 Å². The van der Waals surface area contributed by atoms with Crippen LogP contribution in [0, 0.1) is 24.7 Å². The third kappa shape index (κ3) is 7.32. The van der Waals surface area contributed by atoms with Gasteiger partial charge >= 0.3 is 0 Å². The lowest BCUT2D eigenvalue weighted by Crippen LogP contribution is -2.50. The van der Waals surface area contributed by atoms with Crippen LogP contribution in [0.3, 0.4) is 0 Å². The Morgan fingerprint density at radius 1 is 1.14 bits per heavy atom. The van der Waals surface area contributed by atoms with E-state index < -0.39 is 5.54 Å². The molecule has 1 fully saturated rings. The van der Waals surface area contributed by atoms with E-state index in [1.165, 1.54) is 4.90 Å². The number of aliphatic imine (C=N–C) groups is 1. The Bertz CT molecular complexity index is 1120. The van der Waals surface area contributed by atoms with E-state index in [0.717, 1.165) is 17.7 Å². The maximum Gasteiger partial charge on any atom is 0.231 e. The van der Waals surface area contributed by atoms with Crippen molar-refractivity contribution < 1.29 is 14.3 Å². The summed E-state index contributed by atoms with van der Waals surface area (Å²) >= 11 is 0. The number of carbonyl (C=O) groups excluding carboxylic acids is 2. The molecule has 8 nitrogen and oxygen atoms in total. The van der Waals surface area contributed by atoms with Crippen LogP contribution < -0.4 is 15.8 Å². The average molecular weight is 504 g/mol. The van der Waals surface area contributed by atoms with E-state index in [9.17, 15) is 9.59 Å². The summed E-state index contributed by atoms with van der Waals surface area (Å²) in [6.45, 7) is 8.32. The van der Waals surface area contributed by atoms with Gasteiger partial charge in [0, 0.05) is 36.8 Å². The molecular formula is C29H37N5O3. The van der Waals surface area contributed by atoms with Gasteiger partial charge in [-0.1, -0.05) is 24.3 Å². The summed E-state index contributed by atoms with van der Waals surface area (Å²) in [5.41, 5.74) is 6.23. The third-order valence-electron chi connectivity index (χ3n) is 6.51. The van der Waals surface area contributed by atoms with Crippen molar-refractivity contribution in [3.63, 3.8) is 0 Å². The summed E-state index contributed by atoms with van der Waals surface area (Å²) in [5, 5.41) is 3.21. The first-order valence-electron chi connectivity index (χ1n) is 12.5. The van der Waals surface area contributed by atoms with Crippen LogP contribution in [-0.2, 0) is 9.59 Å². The third-order valence-corrected chi connectivity index (χ3v) is 6.51. The van der Waals surface area contributed by atoms with Crippen molar-refractivity contribution in [3.8, 4) is 18.6 Å². The lowest BCUT2D eigenvalue weighted by Gasteiger charge is -2.38. The number of hydrogen-bond donors (Lipinski definition) is 2. The summed E-state index contributed by atoms with van der Waals surface area (Å²) < 4.78 is 6.05. The van der Waals surface area contributed by atoms with Gasteiger partial charge in [0.15, 0.2) is 5.96 Å². The molecule has 3 N–H and O–H groups in total. The number of amides is 2. The highest BCUT2D eigenvalue weighted by Gasteiger charge is 2.47. The fraction of sp³-hybridized carbons (Fsp3) is 0.448. The van der Waals surface area contributed by atoms with Crippen LogP contribution in [-0.4, -0.2) is 45.3 Å². The smallest absolute Gasteiger partial charge is 0.231 e. The first-order valence-corrected chi connectivity index (χ1v) is 12.5. The summed E-state index contributed by atoms with van der Waals surface area (Å²) in [4.78, 5) is 35.1. The van der Waals surface area contributed by atoms with Crippen molar-refractivity contribution in [1.29, 1.82) is 0 Å². The number of nitrogens with zero attached hydrogens (tertiary/aromatic N) is 3. The molecule has 0 radical (unpaired) electrons. The highest BCUT2D eigenvalue weighted by molar-refractivity contribution is 5.99. The average Bonchev–Trinajstić information content (AvgIpc) is 3.63. The van der Waals surface area contributed by atoms with Crippen LogP contribution >= 0.6 is 0 Å². The van der Waals surface area contributed by atoms with Crippen molar-refractivity contribution >= 4 is 17.8 Å². The molecule has 0 spiro atoms. The van der Waals surface area contributed by atoms with Crippen LogP contribution in [0.2, 0.25) is 0 Å². The Kier molecular flexibility index (Phi) is 8.59. The van der Waals surface area contributed by atoms with E-state index in [0.29, 0.717) is 19.4 Å². The second kappa shape index (κ2) is 11.5. The van der Waals surface area contributed by atoms with Crippen molar-refractivity contribution in [3.05, 3.63) is 60.4 Å². The van der Waals surface area contributed by atoms with Crippen molar-refractivity contribution in [2.75, 3.05) is 6.54 Å². The second-order valence-electron chi connectivity index (χ2n) is 10.8. The number of para-hydroxylation sites is 1. The Morgan fingerprint density at radius 2 is 1.81 bits per heavy atom. The molecule has 1 unspecified atom stereocenters. The van der Waals surface area contributed by atoms with Gasteiger partial charge in [0.05, 0.1) is 18.0 Å². The fourth-order valence-corrected chi connectivity index (χ4v) is 4.73. The molecule has 0 bridgehead atoms. The molecule has 3 atom stereocenters. The standard InChI is InChI=1S/C22H30N4O3.C5H5N.C2H2/c1-21(2)11-18(27)26(20(23)25-21)12-13-9-15(13)19(28)24-16-10-22(3,4)29-17-8-6-5-7-14(16)17;1-2-4-6-5-3-1;1-2/h5-8,13,15-16H,9-12H2,1-4H3,(H2,23,25)(H,24,28);1-5H;1-2H/t13-,15?,16+;;/m1../s1. The number of pyridine rings is 1. The molecule has 196 valence electrons. The number of fused-ring (bicyclic) bond motifs is 1. The predicted octanol–water partition coefficient (Wildman–Crippen LogP) is 3.70. The van der Waals surface area contributed by atoms with Crippen molar-refractivity contribution in [1.82, 2.24) is 15.2 Å². The fourth-order valence-electron chi connectivity index (χ4n) is 4.73. The van der Waals surface area contributed by atoms with E-state index in [4.69, 9.17) is 10.5 Å². The monoisotopic (exact) mass is 503 g/mol. The van der Waals surface area contributed by atoms with E-state index in [2.05, 4.69) is 28.1 Å². The van der Waals surface area contributed by atoms with Gasteiger partial charge in [0.25, 0.3) is 0 Å². The van der Waals surface area contributed by atoms with Crippen molar-refractivity contribution in [2.45, 2.75) is 64.1 Å². The van der Waals surface area contributed by atoms with E-state index in [-0.39, 0.29) is 41.3 Å². The number of rotatable bonds is 4. The number of ether oxygens (including phenoxy) is 1. The summed E-state index contributed by atoms with van der Waals surface area (Å²) in [6, 6.07) is 13.5. The SMILES string of the molecule is C#C.CC1(C)CC(=O)N(C[C@H]2CC2C(=O)N[C@H]2CC(C)(C)Oc3ccccc32)C(N)=N1.c1ccncc1. The Hall–Kier alpha value is -3.86. The van der Waals surface area contributed by atoms with Gasteiger partial charge < -0.3 is 15.8 Å². The summed E-state index contributed by atoms with van der Waals surface area (Å²) in [6.07, 6.45) is 13.3.